The summed E-state index contributed by atoms with van der Waals surface area (Å²) < 4.78 is 17.7. The summed E-state index contributed by atoms with van der Waals surface area (Å²) in [6.45, 7) is 0. The highest BCUT2D eigenvalue weighted by Gasteiger charge is 2.01. The van der Waals surface area contributed by atoms with Crippen LogP contribution in [-0.4, -0.2) is 4.98 Å². The van der Waals surface area contributed by atoms with Gasteiger partial charge in [-0.1, -0.05) is 0 Å². The van der Waals surface area contributed by atoms with Gasteiger partial charge in [0, 0.05) is 12.3 Å². The highest BCUT2D eigenvalue weighted by molar-refractivity contribution is 5.50. The van der Waals surface area contributed by atoms with Gasteiger partial charge in [0.1, 0.15) is 11.5 Å². The Labute approximate surface area is 68.7 Å². The number of aromatic nitrogens is 1. The molecule has 3 heteroatoms. The van der Waals surface area contributed by atoms with Crippen LogP contribution in [0.25, 0.3) is 11.5 Å². The van der Waals surface area contributed by atoms with Crippen LogP contribution in [0.4, 0.5) is 4.39 Å². The molecule has 0 saturated carbocycles. The molecule has 2 heterocycles. The lowest BCUT2D eigenvalue weighted by atomic mass is 10.3. The summed E-state index contributed by atoms with van der Waals surface area (Å²) in [5.74, 6) is 0.269. The second kappa shape index (κ2) is 2.77. The Kier molecular flexibility index (Phi) is 1.63. The molecule has 0 unspecified atom stereocenters. The first-order chi connectivity index (χ1) is 5.86. The lowest BCUT2D eigenvalue weighted by molar-refractivity contribution is 0.577. The molecular weight excluding hydrogens is 157 g/mol. The van der Waals surface area contributed by atoms with Gasteiger partial charge in [0.05, 0.1) is 6.26 Å². The molecule has 0 saturated heterocycles. The second-order valence-corrected chi connectivity index (χ2v) is 2.34. The standard InChI is InChI=1S/C9H6FNO/c10-7-3-4-11-8(6-7)9-2-1-5-12-9/h1-6H. The molecule has 2 aromatic heterocycles. The van der Waals surface area contributed by atoms with Crippen LogP contribution in [0.1, 0.15) is 0 Å². The van der Waals surface area contributed by atoms with E-state index in [0.29, 0.717) is 11.5 Å². The third-order valence-corrected chi connectivity index (χ3v) is 1.50. The van der Waals surface area contributed by atoms with Crippen molar-refractivity contribution in [1.82, 2.24) is 4.98 Å². The van der Waals surface area contributed by atoms with E-state index in [1.54, 1.807) is 12.1 Å². The first kappa shape index (κ1) is 7.03. The van der Waals surface area contributed by atoms with E-state index in [1.165, 1.54) is 24.6 Å². The third-order valence-electron chi connectivity index (χ3n) is 1.50. The summed E-state index contributed by atoms with van der Waals surface area (Å²) in [5.41, 5.74) is 0.514. The molecule has 2 nitrogen and oxygen atoms in total. The van der Waals surface area contributed by atoms with Crippen LogP contribution in [0, 0.1) is 5.82 Å². The summed E-state index contributed by atoms with van der Waals surface area (Å²) >= 11 is 0. The van der Waals surface area contributed by atoms with Gasteiger partial charge in [-0.25, -0.2) is 4.39 Å². The van der Waals surface area contributed by atoms with E-state index in [-0.39, 0.29) is 5.82 Å². The Balaban J connectivity index is 2.48. The van der Waals surface area contributed by atoms with Gasteiger partial charge in [0.2, 0.25) is 0 Å². The fourth-order valence-electron chi connectivity index (χ4n) is 0.964. The predicted molar refractivity (Wildman–Crippen MR) is 41.9 cm³/mol. The van der Waals surface area contributed by atoms with Crippen molar-refractivity contribution in [3.8, 4) is 11.5 Å². The lowest BCUT2D eigenvalue weighted by Gasteiger charge is -1.93. The molecule has 0 aliphatic rings. The van der Waals surface area contributed by atoms with Crippen LogP contribution >= 0.6 is 0 Å². The normalized spacial score (nSPS) is 10.1. The Morgan fingerprint density at radius 1 is 1.33 bits per heavy atom. The SMILES string of the molecule is Fc1ccnc(-c2ccco2)c1. The molecule has 0 aliphatic heterocycles. The fourth-order valence-corrected chi connectivity index (χ4v) is 0.964. The number of nitrogens with zero attached hydrogens (tertiary/aromatic N) is 1. The van der Waals surface area contributed by atoms with Crippen LogP contribution in [0.5, 0.6) is 0 Å². The molecule has 12 heavy (non-hydrogen) atoms. The average molecular weight is 163 g/mol. The zero-order valence-electron chi connectivity index (χ0n) is 6.20. The molecule has 0 atom stereocenters. The van der Waals surface area contributed by atoms with Crippen molar-refractivity contribution in [3.05, 3.63) is 42.5 Å². The van der Waals surface area contributed by atoms with Gasteiger partial charge in [-0.15, -0.1) is 0 Å². The van der Waals surface area contributed by atoms with Crippen LogP contribution in [0.15, 0.2) is 41.1 Å². The summed E-state index contributed by atoms with van der Waals surface area (Å²) in [7, 11) is 0. The molecule has 0 spiro atoms. The Morgan fingerprint density at radius 3 is 2.92 bits per heavy atom. The van der Waals surface area contributed by atoms with Gasteiger partial charge in [0.15, 0.2) is 5.76 Å². The Bertz CT molecular complexity index is 370. The molecule has 2 rings (SSSR count). The van der Waals surface area contributed by atoms with Crippen molar-refractivity contribution in [2.45, 2.75) is 0 Å². The summed E-state index contributed by atoms with van der Waals surface area (Å²) in [5, 5.41) is 0. The molecule has 0 N–H and O–H groups in total. The molecule has 0 aromatic carbocycles. The maximum Gasteiger partial charge on any atom is 0.152 e. The number of hydrogen-bond donors (Lipinski definition) is 0. The largest absolute Gasteiger partial charge is 0.463 e. The lowest BCUT2D eigenvalue weighted by Crippen LogP contribution is -1.81. The van der Waals surface area contributed by atoms with Crippen LogP contribution in [0.3, 0.4) is 0 Å². The first-order valence-electron chi connectivity index (χ1n) is 3.52. The minimum Gasteiger partial charge on any atom is -0.463 e. The van der Waals surface area contributed by atoms with Gasteiger partial charge in [0.25, 0.3) is 0 Å². The summed E-state index contributed by atoms with van der Waals surface area (Å²) in [6.07, 6.45) is 2.94. The highest BCUT2D eigenvalue weighted by Crippen LogP contribution is 2.16. The minimum absolute atomic E-state index is 0.309. The zero-order valence-corrected chi connectivity index (χ0v) is 6.20. The minimum atomic E-state index is -0.309. The highest BCUT2D eigenvalue weighted by atomic mass is 19.1. The van der Waals surface area contributed by atoms with E-state index in [0.717, 1.165) is 0 Å². The van der Waals surface area contributed by atoms with E-state index >= 15 is 0 Å². The monoisotopic (exact) mass is 163 g/mol. The third kappa shape index (κ3) is 1.21. The topological polar surface area (TPSA) is 26.0 Å². The van der Waals surface area contributed by atoms with Gasteiger partial charge in [-0.2, -0.15) is 0 Å². The molecule has 60 valence electrons. The van der Waals surface area contributed by atoms with Gasteiger partial charge < -0.3 is 4.42 Å². The molecule has 2 aromatic rings. The van der Waals surface area contributed by atoms with Crippen molar-refractivity contribution in [3.63, 3.8) is 0 Å². The number of pyridine rings is 1. The van der Waals surface area contributed by atoms with Gasteiger partial charge in [-0.05, 0) is 18.2 Å². The smallest absolute Gasteiger partial charge is 0.152 e. The maximum atomic E-state index is 12.7. The van der Waals surface area contributed by atoms with Crippen molar-refractivity contribution >= 4 is 0 Å². The summed E-state index contributed by atoms with van der Waals surface area (Å²) in [6, 6.07) is 6.11. The van der Waals surface area contributed by atoms with Crippen LogP contribution < -0.4 is 0 Å². The van der Waals surface area contributed by atoms with Crippen LogP contribution in [0.2, 0.25) is 0 Å². The zero-order chi connectivity index (χ0) is 8.39. The van der Waals surface area contributed by atoms with E-state index in [2.05, 4.69) is 4.98 Å². The molecule has 0 amide bonds. The fraction of sp³-hybridized carbons (Fsp3) is 0. The number of hydrogen-bond acceptors (Lipinski definition) is 2. The van der Waals surface area contributed by atoms with E-state index in [9.17, 15) is 4.39 Å². The first-order valence-corrected chi connectivity index (χ1v) is 3.52. The van der Waals surface area contributed by atoms with Gasteiger partial charge >= 0.3 is 0 Å². The maximum absolute atomic E-state index is 12.7. The van der Waals surface area contributed by atoms with Crippen molar-refractivity contribution in [2.75, 3.05) is 0 Å². The molecule has 0 bridgehead atoms. The molecular formula is C9H6FNO. The van der Waals surface area contributed by atoms with E-state index < -0.39 is 0 Å². The average Bonchev–Trinajstić information content (AvgIpc) is 2.56. The number of rotatable bonds is 1. The quantitative estimate of drug-likeness (QED) is 0.645. The second-order valence-electron chi connectivity index (χ2n) is 2.34. The van der Waals surface area contributed by atoms with Crippen LogP contribution in [-0.2, 0) is 0 Å². The van der Waals surface area contributed by atoms with Crippen molar-refractivity contribution < 1.29 is 8.81 Å². The van der Waals surface area contributed by atoms with E-state index in [4.69, 9.17) is 4.42 Å². The van der Waals surface area contributed by atoms with Crippen molar-refractivity contribution in [2.24, 2.45) is 0 Å². The molecule has 0 fully saturated rings. The Hall–Kier alpha value is -1.64. The van der Waals surface area contributed by atoms with Gasteiger partial charge in [-0.3, -0.25) is 4.98 Å². The summed E-state index contributed by atoms with van der Waals surface area (Å²) in [4.78, 5) is 3.95. The number of halogens is 1. The molecule has 0 radical (unpaired) electrons. The predicted octanol–water partition coefficient (Wildman–Crippen LogP) is 2.48. The number of furan rings is 1. The Morgan fingerprint density at radius 2 is 2.25 bits per heavy atom. The van der Waals surface area contributed by atoms with Crippen molar-refractivity contribution in [1.29, 1.82) is 0 Å². The molecule has 0 aliphatic carbocycles. The van der Waals surface area contributed by atoms with E-state index in [1.807, 2.05) is 0 Å².